The van der Waals surface area contributed by atoms with Gasteiger partial charge in [0.2, 0.25) is 0 Å². The van der Waals surface area contributed by atoms with Crippen molar-refractivity contribution in [3.05, 3.63) is 23.2 Å². The largest absolute Gasteiger partial charge is 0.136 e. The zero-order valence-corrected chi connectivity index (χ0v) is 12.7. The van der Waals surface area contributed by atoms with Crippen molar-refractivity contribution in [2.75, 3.05) is 0 Å². The van der Waals surface area contributed by atoms with E-state index in [1.165, 1.54) is 57.8 Å². The average Bonchev–Trinajstić information content (AvgIpc) is 2.86. The summed E-state index contributed by atoms with van der Waals surface area (Å²) in [7, 11) is 0.973. The summed E-state index contributed by atoms with van der Waals surface area (Å²) in [6.07, 6.45) is 12.9. The lowest BCUT2D eigenvalue weighted by molar-refractivity contribution is 0.546. The Labute approximate surface area is 109 Å². The Hall–Kier alpha value is -0.220. The molecule has 1 rings (SSSR count). The topological polar surface area (TPSA) is 0 Å². The lowest BCUT2D eigenvalue weighted by atomic mass is 10.0. The van der Waals surface area contributed by atoms with E-state index in [0.29, 0.717) is 0 Å². The van der Waals surface area contributed by atoms with Gasteiger partial charge in [-0.15, -0.1) is 8.19 Å². The summed E-state index contributed by atoms with van der Waals surface area (Å²) >= 11 is 0. The van der Waals surface area contributed by atoms with Crippen LogP contribution in [0.15, 0.2) is 17.9 Å². The van der Waals surface area contributed by atoms with E-state index in [1.54, 1.807) is 5.30 Å². The first kappa shape index (κ1) is 14.8. The minimum absolute atomic E-state index is 0.823. The molecule has 1 aromatic rings. The van der Waals surface area contributed by atoms with E-state index in [1.807, 2.05) is 0 Å². The Morgan fingerprint density at radius 3 is 2.24 bits per heavy atom. The Morgan fingerprint density at radius 2 is 1.65 bits per heavy atom. The fourth-order valence-electron chi connectivity index (χ4n) is 2.39. The quantitative estimate of drug-likeness (QED) is 0.425. The monoisotopic (exact) mass is 252 g/mol. The first-order chi connectivity index (χ1) is 8.34. The smallest absolute Gasteiger partial charge is 0.0155 e. The van der Waals surface area contributed by atoms with Crippen LogP contribution in [0.3, 0.4) is 0 Å². The maximum Gasteiger partial charge on any atom is -0.0155 e. The molecule has 0 nitrogen and oxygen atoms in total. The van der Waals surface area contributed by atoms with Gasteiger partial charge in [0.25, 0.3) is 0 Å². The lowest BCUT2D eigenvalue weighted by Gasteiger charge is -2.09. The Bertz CT molecular complexity index is 250. The maximum absolute atomic E-state index is 2.40. The van der Waals surface area contributed by atoms with Crippen LogP contribution >= 0.6 is 8.19 Å². The van der Waals surface area contributed by atoms with Crippen LogP contribution in [0.1, 0.15) is 82.8 Å². The van der Waals surface area contributed by atoms with Gasteiger partial charge in [0.05, 0.1) is 0 Å². The van der Waals surface area contributed by atoms with E-state index in [9.17, 15) is 0 Å². The van der Waals surface area contributed by atoms with Gasteiger partial charge in [-0.3, -0.25) is 0 Å². The van der Waals surface area contributed by atoms with Crippen molar-refractivity contribution in [3.63, 3.8) is 0 Å². The van der Waals surface area contributed by atoms with Crippen molar-refractivity contribution in [2.24, 2.45) is 0 Å². The van der Waals surface area contributed by atoms with E-state index in [0.717, 1.165) is 14.1 Å². The second kappa shape index (κ2) is 9.77. The lowest BCUT2D eigenvalue weighted by Crippen LogP contribution is -1.90. The molecule has 98 valence electrons. The van der Waals surface area contributed by atoms with E-state index in [2.05, 4.69) is 31.8 Å². The van der Waals surface area contributed by atoms with Gasteiger partial charge in [0.15, 0.2) is 0 Å². The fraction of sp³-hybridized carbons (Fsp3) is 0.750. The third-order valence-corrected chi connectivity index (χ3v) is 5.00. The van der Waals surface area contributed by atoms with Crippen molar-refractivity contribution >= 4 is 8.19 Å². The summed E-state index contributed by atoms with van der Waals surface area (Å²) in [4.78, 5) is 0. The van der Waals surface area contributed by atoms with E-state index < -0.39 is 0 Å². The maximum atomic E-state index is 2.40. The van der Waals surface area contributed by atoms with Crippen LogP contribution in [-0.2, 0) is 0 Å². The molecule has 0 amide bonds. The molecule has 0 spiro atoms. The fourth-order valence-corrected chi connectivity index (χ4v) is 3.40. The number of hydrogen-bond acceptors (Lipinski definition) is 0. The second-order valence-corrected chi connectivity index (χ2v) is 6.49. The third kappa shape index (κ3) is 6.94. The molecular weight excluding hydrogens is 223 g/mol. The number of rotatable bonds is 10. The van der Waals surface area contributed by atoms with Crippen LogP contribution in [0, 0.1) is 0 Å². The minimum atomic E-state index is 0.823. The summed E-state index contributed by atoms with van der Waals surface area (Å²) in [5, 5.41) is 1.67. The second-order valence-electron chi connectivity index (χ2n) is 5.29. The highest BCUT2D eigenvalue weighted by Gasteiger charge is 2.04. The number of hydrogen-bond donors (Lipinski definition) is 0. The molecule has 0 saturated carbocycles. The van der Waals surface area contributed by atoms with Crippen LogP contribution in [0.4, 0.5) is 0 Å². The minimum Gasteiger partial charge on any atom is -0.136 e. The SMILES string of the molecule is CCCCCCCCCCC(C)c1ccc[pH]1. The van der Waals surface area contributed by atoms with Gasteiger partial charge in [-0.2, -0.15) is 0 Å². The van der Waals surface area contributed by atoms with E-state index in [-0.39, 0.29) is 0 Å². The summed E-state index contributed by atoms with van der Waals surface area (Å²) in [6, 6.07) is 4.55. The molecule has 0 aliphatic heterocycles. The van der Waals surface area contributed by atoms with Crippen LogP contribution in [0.5, 0.6) is 0 Å². The molecule has 0 radical (unpaired) electrons. The Kier molecular flexibility index (Phi) is 8.53. The molecule has 2 atom stereocenters. The van der Waals surface area contributed by atoms with Gasteiger partial charge in [-0.1, -0.05) is 77.3 Å². The summed E-state index contributed by atoms with van der Waals surface area (Å²) in [5.74, 6) is 3.13. The van der Waals surface area contributed by atoms with E-state index >= 15 is 0 Å². The molecule has 0 aliphatic rings. The molecule has 0 aliphatic carbocycles. The normalized spacial score (nSPS) is 13.3. The Balaban J connectivity index is 1.90. The van der Waals surface area contributed by atoms with Crippen molar-refractivity contribution in [2.45, 2.75) is 77.6 Å². The van der Waals surface area contributed by atoms with Crippen molar-refractivity contribution in [3.8, 4) is 0 Å². The highest BCUT2D eigenvalue weighted by atomic mass is 31.0. The molecule has 0 bridgehead atoms. The first-order valence-electron chi connectivity index (χ1n) is 7.48. The van der Waals surface area contributed by atoms with Crippen molar-refractivity contribution in [1.82, 2.24) is 0 Å². The van der Waals surface area contributed by atoms with Gasteiger partial charge in [0, 0.05) is 0 Å². The van der Waals surface area contributed by atoms with Gasteiger partial charge in [-0.25, -0.2) is 0 Å². The zero-order chi connectivity index (χ0) is 12.3. The van der Waals surface area contributed by atoms with Crippen molar-refractivity contribution in [1.29, 1.82) is 0 Å². The summed E-state index contributed by atoms with van der Waals surface area (Å²) < 4.78 is 0. The predicted octanol–water partition coefficient (Wildman–Crippen LogP) is 6.35. The average molecular weight is 252 g/mol. The van der Waals surface area contributed by atoms with Gasteiger partial charge in [0.1, 0.15) is 0 Å². The molecule has 0 N–H and O–H groups in total. The van der Waals surface area contributed by atoms with Crippen LogP contribution in [-0.4, -0.2) is 0 Å². The molecule has 0 fully saturated rings. The van der Waals surface area contributed by atoms with E-state index in [4.69, 9.17) is 0 Å². The highest BCUT2D eigenvalue weighted by molar-refractivity contribution is 7.30. The molecular formula is C16H29P. The summed E-state index contributed by atoms with van der Waals surface area (Å²) in [5.41, 5.74) is 0. The molecule has 1 heterocycles. The molecule has 2 unspecified atom stereocenters. The van der Waals surface area contributed by atoms with Gasteiger partial charge in [-0.05, 0) is 23.4 Å². The predicted molar refractivity (Wildman–Crippen MR) is 81.6 cm³/mol. The van der Waals surface area contributed by atoms with Crippen LogP contribution in [0.25, 0.3) is 0 Å². The molecule has 1 heteroatoms. The molecule has 17 heavy (non-hydrogen) atoms. The molecule has 0 aromatic carbocycles. The first-order valence-corrected chi connectivity index (χ1v) is 8.55. The van der Waals surface area contributed by atoms with Gasteiger partial charge < -0.3 is 0 Å². The highest BCUT2D eigenvalue weighted by Crippen LogP contribution is 2.28. The van der Waals surface area contributed by atoms with Crippen LogP contribution < -0.4 is 0 Å². The Morgan fingerprint density at radius 1 is 1.00 bits per heavy atom. The molecule has 1 aromatic heterocycles. The van der Waals surface area contributed by atoms with Crippen molar-refractivity contribution < 1.29 is 0 Å². The third-order valence-electron chi connectivity index (χ3n) is 3.64. The molecule has 0 saturated heterocycles. The standard InChI is InChI=1S/C16H29P/c1-3-4-5-6-7-8-9-10-12-15(2)16-13-11-14-17-16/h11,13-15,17H,3-10,12H2,1-2H3. The van der Waals surface area contributed by atoms with Crippen LogP contribution in [0.2, 0.25) is 0 Å². The summed E-state index contributed by atoms with van der Waals surface area (Å²) in [6.45, 7) is 4.68. The van der Waals surface area contributed by atoms with Gasteiger partial charge >= 0.3 is 0 Å². The number of unbranched alkanes of at least 4 members (excludes halogenated alkanes) is 7. The zero-order valence-electron chi connectivity index (χ0n) is 11.7.